The first-order chi connectivity index (χ1) is 13.1. The molecule has 3 rings (SSSR count). The molecule has 1 saturated heterocycles. The van der Waals surface area contributed by atoms with Crippen LogP contribution in [0.15, 0.2) is 30.5 Å². The fraction of sp³-hybridized carbons (Fsp3) is 0.444. The minimum atomic E-state index is -3.82. The summed E-state index contributed by atoms with van der Waals surface area (Å²) in [6.45, 7) is 3.46. The van der Waals surface area contributed by atoms with E-state index in [1.807, 2.05) is 0 Å². The summed E-state index contributed by atoms with van der Waals surface area (Å²) in [4.78, 5) is 12.8. The number of amides is 1. The highest BCUT2D eigenvalue weighted by atomic mass is 32.2. The smallest absolute Gasteiger partial charge is 0.280 e. The van der Waals surface area contributed by atoms with Gasteiger partial charge in [0.25, 0.3) is 10.2 Å². The lowest BCUT2D eigenvalue weighted by atomic mass is 10.00. The van der Waals surface area contributed by atoms with Crippen molar-refractivity contribution < 1.29 is 18.3 Å². The number of aryl methyl sites for hydroxylation is 2. The summed E-state index contributed by atoms with van der Waals surface area (Å²) in [6.07, 6.45) is 1.44. The lowest BCUT2D eigenvalue weighted by molar-refractivity contribution is -0.120. The minimum Gasteiger partial charge on any atom is -0.389 e. The molecule has 1 aliphatic heterocycles. The van der Waals surface area contributed by atoms with Crippen LogP contribution in [-0.4, -0.2) is 46.6 Å². The van der Waals surface area contributed by atoms with Crippen LogP contribution >= 0.6 is 0 Å². The Morgan fingerprint density at radius 3 is 2.50 bits per heavy atom. The van der Waals surface area contributed by atoms with Crippen LogP contribution in [0.3, 0.4) is 0 Å². The van der Waals surface area contributed by atoms with E-state index in [-0.39, 0.29) is 6.42 Å². The van der Waals surface area contributed by atoms with Gasteiger partial charge in [0.15, 0.2) is 0 Å². The predicted molar refractivity (Wildman–Crippen MR) is 105 cm³/mol. The summed E-state index contributed by atoms with van der Waals surface area (Å²) < 4.78 is 30.4. The van der Waals surface area contributed by atoms with Crippen molar-refractivity contribution in [3.05, 3.63) is 47.3 Å². The van der Waals surface area contributed by atoms with Crippen LogP contribution in [0.1, 0.15) is 42.3 Å². The average Bonchev–Trinajstić information content (AvgIpc) is 2.95. The molecule has 0 aliphatic carbocycles. The molecule has 3 N–H and O–H groups in total. The second kappa shape index (κ2) is 7.63. The highest BCUT2D eigenvalue weighted by Crippen LogP contribution is 2.30. The Kier molecular flexibility index (Phi) is 5.57. The molecule has 3 atom stereocenters. The number of hydrogen-bond acceptors (Lipinski definition) is 5. The first-order valence-corrected chi connectivity index (χ1v) is 10.4. The van der Waals surface area contributed by atoms with Gasteiger partial charge in [-0.25, -0.2) is 0 Å². The third-order valence-electron chi connectivity index (χ3n) is 4.96. The number of hydrogen-bond donors (Lipinski definition) is 3. The Morgan fingerprint density at radius 2 is 1.96 bits per heavy atom. The van der Waals surface area contributed by atoms with Crippen LogP contribution in [0, 0.1) is 6.92 Å². The van der Waals surface area contributed by atoms with Crippen LogP contribution in [0.2, 0.25) is 0 Å². The quantitative estimate of drug-likeness (QED) is 0.699. The number of likely N-dealkylation sites (N-methyl/N-ethyl adjacent to an activating group) is 1. The van der Waals surface area contributed by atoms with Crippen LogP contribution in [0.25, 0.3) is 0 Å². The van der Waals surface area contributed by atoms with E-state index in [1.165, 1.54) is 7.05 Å². The first-order valence-electron chi connectivity index (χ1n) is 8.93. The molecule has 2 aromatic rings. The van der Waals surface area contributed by atoms with Crippen molar-refractivity contribution in [3.8, 4) is 0 Å². The van der Waals surface area contributed by atoms with Gasteiger partial charge in [-0.15, -0.1) is 0 Å². The number of rotatable bonds is 4. The maximum absolute atomic E-state index is 12.8. The standard InChI is InChI=1S/C18H25N5O4S/c1-11-15(10-22(3)20-11)16-9-17(23(4)28(26,27)21-16)18(25)19-14-7-5-13(6-8-14)12(2)24/h5-8,10,12,16-17,21,24H,9H2,1-4H3,(H,19,25)/t12-,16-,17+/m0/s1. The van der Waals surface area contributed by atoms with Gasteiger partial charge < -0.3 is 10.4 Å². The maximum atomic E-state index is 12.8. The van der Waals surface area contributed by atoms with Crippen LogP contribution in [0.5, 0.6) is 0 Å². The number of nitrogens with zero attached hydrogens (tertiary/aromatic N) is 3. The number of aromatic nitrogens is 2. The lowest BCUT2D eigenvalue weighted by Gasteiger charge is -2.36. The summed E-state index contributed by atoms with van der Waals surface area (Å²) in [6, 6.07) is 5.38. The molecule has 0 saturated carbocycles. The lowest BCUT2D eigenvalue weighted by Crippen LogP contribution is -2.56. The number of benzene rings is 1. The Bertz CT molecular complexity index is 968. The van der Waals surface area contributed by atoms with E-state index in [4.69, 9.17) is 0 Å². The van der Waals surface area contributed by atoms with Gasteiger partial charge in [-0.2, -0.15) is 22.5 Å². The van der Waals surface area contributed by atoms with Crippen molar-refractivity contribution in [1.82, 2.24) is 18.8 Å². The molecule has 1 aliphatic rings. The fourth-order valence-corrected chi connectivity index (χ4v) is 4.61. The third kappa shape index (κ3) is 4.09. The van der Waals surface area contributed by atoms with E-state index >= 15 is 0 Å². The van der Waals surface area contributed by atoms with E-state index < -0.39 is 34.3 Å². The Morgan fingerprint density at radius 1 is 1.32 bits per heavy atom. The van der Waals surface area contributed by atoms with Crippen molar-refractivity contribution in [1.29, 1.82) is 0 Å². The van der Waals surface area contributed by atoms with Crippen molar-refractivity contribution in [2.45, 2.75) is 38.5 Å². The van der Waals surface area contributed by atoms with Crippen molar-refractivity contribution >= 4 is 21.8 Å². The van der Waals surface area contributed by atoms with Gasteiger partial charge in [-0.05, 0) is 38.0 Å². The molecule has 28 heavy (non-hydrogen) atoms. The van der Waals surface area contributed by atoms with Gasteiger partial charge in [0.1, 0.15) is 6.04 Å². The summed E-state index contributed by atoms with van der Waals surface area (Å²) in [5, 5.41) is 16.6. The molecule has 1 aromatic heterocycles. The first kappa shape index (κ1) is 20.5. The van der Waals surface area contributed by atoms with Crippen molar-refractivity contribution in [3.63, 3.8) is 0 Å². The predicted octanol–water partition coefficient (Wildman–Crippen LogP) is 1.00. The zero-order chi connectivity index (χ0) is 20.6. The van der Waals surface area contributed by atoms with E-state index in [0.29, 0.717) is 11.4 Å². The molecule has 1 aromatic carbocycles. The van der Waals surface area contributed by atoms with E-state index in [9.17, 15) is 18.3 Å². The van der Waals surface area contributed by atoms with Crippen LogP contribution < -0.4 is 10.0 Å². The molecular formula is C18H25N5O4S. The molecule has 0 unspecified atom stereocenters. The van der Waals surface area contributed by atoms with E-state index in [2.05, 4.69) is 15.1 Å². The average molecular weight is 407 g/mol. The van der Waals surface area contributed by atoms with E-state index in [0.717, 1.165) is 15.4 Å². The summed E-state index contributed by atoms with van der Waals surface area (Å²) in [5.74, 6) is -0.413. The Balaban J connectivity index is 1.82. The Labute approximate surface area is 164 Å². The number of aliphatic hydroxyl groups excluding tert-OH is 1. The highest BCUT2D eigenvalue weighted by Gasteiger charge is 2.41. The molecule has 1 fully saturated rings. The largest absolute Gasteiger partial charge is 0.389 e. The van der Waals surface area contributed by atoms with Gasteiger partial charge in [0.2, 0.25) is 5.91 Å². The summed E-state index contributed by atoms with van der Waals surface area (Å²) in [5.41, 5.74) is 2.73. The monoisotopic (exact) mass is 407 g/mol. The molecular weight excluding hydrogens is 382 g/mol. The minimum absolute atomic E-state index is 0.278. The second-order valence-electron chi connectivity index (χ2n) is 7.07. The number of anilines is 1. The zero-order valence-corrected chi connectivity index (χ0v) is 17.1. The normalized spacial score (nSPS) is 23.3. The van der Waals surface area contributed by atoms with Crippen molar-refractivity contribution in [2.24, 2.45) is 7.05 Å². The highest BCUT2D eigenvalue weighted by molar-refractivity contribution is 7.87. The Hall–Kier alpha value is -2.27. The summed E-state index contributed by atoms with van der Waals surface area (Å²) >= 11 is 0. The molecule has 2 heterocycles. The van der Waals surface area contributed by atoms with Gasteiger partial charge >= 0.3 is 0 Å². The second-order valence-corrected chi connectivity index (χ2v) is 8.84. The molecule has 0 spiro atoms. The molecule has 0 radical (unpaired) electrons. The summed E-state index contributed by atoms with van der Waals surface area (Å²) in [7, 11) is -0.669. The topological polar surface area (TPSA) is 117 Å². The SMILES string of the molecule is Cc1nn(C)cc1[C@@H]1C[C@H](C(=O)Nc2ccc([C@H](C)O)cc2)N(C)S(=O)(=O)N1. The van der Waals surface area contributed by atoms with E-state index in [1.54, 1.807) is 56.0 Å². The van der Waals surface area contributed by atoms with Crippen LogP contribution in [0.4, 0.5) is 5.69 Å². The molecule has 152 valence electrons. The fourth-order valence-electron chi connectivity index (χ4n) is 3.34. The molecule has 9 nitrogen and oxygen atoms in total. The number of carbonyl (C=O) groups excluding carboxylic acids is 1. The number of aliphatic hydroxyl groups is 1. The third-order valence-corrected chi connectivity index (χ3v) is 6.55. The van der Waals surface area contributed by atoms with Crippen molar-refractivity contribution in [2.75, 3.05) is 12.4 Å². The van der Waals surface area contributed by atoms with Crippen LogP contribution in [-0.2, 0) is 22.1 Å². The molecule has 0 bridgehead atoms. The van der Waals surface area contributed by atoms with Gasteiger partial charge in [0, 0.05) is 31.5 Å². The molecule has 1 amide bonds. The van der Waals surface area contributed by atoms with Gasteiger partial charge in [-0.3, -0.25) is 9.48 Å². The number of nitrogens with one attached hydrogen (secondary N) is 2. The maximum Gasteiger partial charge on any atom is 0.280 e. The zero-order valence-electron chi connectivity index (χ0n) is 16.2. The number of carbonyl (C=O) groups is 1. The molecule has 10 heteroatoms. The van der Waals surface area contributed by atoms with Gasteiger partial charge in [0.05, 0.1) is 17.8 Å². The van der Waals surface area contributed by atoms with Gasteiger partial charge in [-0.1, -0.05) is 12.1 Å².